The second kappa shape index (κ2) is 10.5. The Hall–Kier alpha value is -3.48. The molecule has 0 unspecified atom stereocenters. The highest BCUT2D eigenvalue weighted by Crippen LogP contribution is 2.28. The fourth-order valence-corrected chi connectivity index (χ4v) is 3.46. The maximum atomic E-state index is 12.6. The van der Waals surface area contributed by atoms with Gasteiger partial charge in [0.05, 0.1) is 14.2 Å². The standard InChI is InChI=1S/C24H28N2O5/c1-4-26(15-17-9-11-21(29-2)22(13-17)30-3)23(27)16-31-24(28)12-10-18-14-25-20-8-6-5-7-19(18)20/h5-9,11,13-14,25H,4,10,12,15-16H2,1-3H3. The minimum Gasteiger partial charge on any atom is -0.493 e. The number of carbonyl (C=O) groups excluding carboxylic acids is 2. The van der Waals surface area contributed by atoms with Crippen molar-refractivity contribution >= 4 is 22.8 Å². The number of methoxy groups -OCH3 is 2. The Labute approximate surface area is 181 Å². The fourth-order valence-electron chi connectivity index (χ4n) is 3.46. The van der Waals surface area contributed by atoms with Crippen molar-refractivity contribution in [3.8, 4) is 11.5 Å². The molecule has 2 aromatic carbocycles. The largest absolute Gasteiger partial charge is 0.493 e. The van der Waals surface area contributed by atoms with Gasteiger partial charge in [0, 0.05) is 36.6 Å². The first-order valence-corrected chi connectivity index (χ1v) is 10.2. The lowest BCUT2D eigenvalue weighted by Gasteiger charge is -2.21. The normalized spacial score (nSPS) is 10.7. The second-order valence-electron chi connectivity index (χ2n) is 7.12. The molecule has 1 amide bonds. The number of fused-ring (bicyclic) bond motifs is 1. The van der Waals surface area contributed by atoms with Crippen LogP contribution in [0, 0.1) is 0 Å². The number of ether oxygens (including phenoxy) is 3. The predicted molar refractivity (Wildman–Crippen MR) is 118 cm³/mol. The molecular formula is C24H28N2O5. The zero-order valence-corrected chi connectivity index (χ0v) is 18.1. The van der Waals surface area contributed by atoms with Gasteiger partial charge >= 0.3 is 5.97 Å². The quantitative estimate of drug-likeness (QED) is 0.502. The molecule has 0 spiro atoms. The Balaban J connectivity index is 1.50. The van der Waals surface area contributed by atoms with Crippen LogP contribution in [0.2, 0.25) is 0 Å². The van der Waals surface area contributed by atoms with Crippen LogP contribution in [0.1, 0.15) is 24.5 Å². The number of carbonyl (C=O) groups is 2. The van der Waals surface area contributed by atoms with Crippen LogP contribution in [0.25, 0.3) is 10.9 Å². The lowest BCUT2D eigenvalue weighted by molar-refractivity contribution is -0.152. The topological polar surface area (TPSA) is 80.9 Å². The van der Waals surface area contributed by atoms with Gasteiger partial charge in [-0.2, -0.15) is 0 Å². The first-order chi connectivity index (χ1) is 15.0. The number of aromatic nitrogens is 1. The van der Waals surface area contributed by atoms with Gasteiger partial charge in [0.25, 0.3) is 5.91 Å². The van der Waals surface area contributed by atoms with E-state index in [1.165, 1.54) is 0 Å². The first kappa shape index (κ1) is 22.2. The van der Waals surface area contributed by atoms with E-state index in [0.717, 1.165) is 22.0 Å². The number of benzene rings is 2. The number of nitrogens with zero attached hydrogens (tertiary/aromatic N) is 1. The molecule has 1 heterocycles. The highest BCUT2D eigenvalue weighted by atomic mass is 16.5. The number of esters is 1. The molecule has 0 saturated heterocycles. The van der Waals surface area contributed by atoms with Crippen molar-refractivity contribution in [1.29, 1.82) is 0 Å². The molecule has 0 aliphatic carbocycles. The van der Waals surface area contributed by atoms with Gasteiger partial charge in [-0.3, -0.25) is 9.59 Å². The Morgan fingerprint density at radius 2 is 1.81 bits per heavy atom. The summed E-state index contributed by atoms with van der Waals surface area (Å²) in [4.78, 5) is 29.6. The van der Waals surface area contributed by atoms with Crippen molar-refractivity contribution in [3.05, 3.63) is 59.8 Å². The van der Waals surface area contributed by atoms with Gasteiger partial charge in [0.2, 0.25) is 0 Å². The molecule has 7 heteroatoms. The molecule has 0 aliphatic heterocycles. The highest BCUT2D eigenvalue weighted by Gasteiger charge is 2.16. The summed E-state index contributed by atoms with van der Waals surface area (Å²) in [7, 11) is 3.15. The van der Waals surface area contributed by atoms with E-state index in [1.807, 2.05) is 49.5 Å². The summed E-state index contributed by atoms with van der Waals surface area (Å²) in [6.07, 6.45) is 2.68. The smallest absolute Gasteiger partial charge is 0.306 e. The molecule has 0 bridgehead atoms. The van der Waals surface area contributed by atoms with Crippen LogP contribution in [-0.2, 0) is 27.3 Å². The number of aryl methyl sites for hydroxylation is 1. The Morgan fingerprint density at radius 3 is 2.55 bits per heavy atom. The average molecular weight is 424 g/mol. The molecule has 0 atom stereocenters. The van der Waals surface area contributed by atoms with E-state index in [1.54, 1.807) is 25.2 Å². The highest BCUT2D eigenvalue weighted by molar-refractivity contribution is 5.84. The molecule has 7 nitrogen and oxygen atoms in total. The minimum atomic E-state index is -0.388. The second-order valence-corrected chi connectivity index (χ2v) is 7.12. The molecule has 1 N–H and O–H groups in total. The van der Waals surface area contributed by atoms with Crippen molar-refractivity contribution in [2.45, 2.75) is 26.3 Å². The summed E-state index contributed by atoms with van der Waals surface area (Å²) in [6, 6.07) is 13.5. The Kier molecular flexibility index (Phi) is 7.54. The van der Waals surface area contributed by atoms with Crippen LogP contribution in [0.3, 0.4) is 0 Å². The number of para-hydroxylation sites is 1. The van der Waals surface area contributed by atoms with Crippen LogP contribution in [0.4, 0.5) is 0 Å². The van der Waals surface area contributed by atoms with Gasteiger partial charge in [-0.1, -0.05) is 24.3 Å². The maximum Gasteiger partial charge on any atom is 0.306 e. The Morgan fingerprint density at radius 1 is 1.03 bits per heavy atom. The van der Waals surface area contributed by atoms with Crippen molar-refractivity contribution in [3.63, 3.8) is 0 Å². The third-order valence-electron chi connectivity index (χ3n) is 5.19. The molecule has 3 rings (SSSR count). The molecule has 164 valence electrons. The number of aromatic amines is 1. The molecule has 31 heavy (non-hydrogen) atoms. The van der Waals surface area contributed by atoms with Crippen LogP contribution < -0.4 is 9.47 Å². The van der Waals surface area contributed by atoms with Gasteiger partial charge in [-0.15, -0.1) is 0 Å². The number of hydrogen-bond donors (Lipinski definition) is 1. The molecule has 0 radical (unpaired) electrons. The van der Waals surface area contributed by atoms with E-state index >= 15 is 0 Å². The van der Waals surface area contributed by atoms with Gasteiger partial charge in [-0.05, 0) is 42.7 Å². The monoisotopic (exact) mass is 424 g/mol. The number of likely N-dealkylation sites (N-methyl/N-ethyl adjacent to an activating group) is 1. The summed E-state index contributed by atoms with van der Waals surface area (Å²) < 4.78 is 15.8. The van der Waals surface area contributed by atoms with Gasteiger partial charge in [-0.25, -0.2) is 0 Å². The molecular weight excluding hydrogens is 396 g/mol. The molecule has 0 fully saturated rings. The minimum absolute atomic E-state index is 0.219. The molecule has 0 saturated carbocycles. The number of rotatable bonds is 10. The lowest BCUT2D eigenvalue weighted by atomic mass is 10.1. The van der Waals surface area contributed by atoms with E-state index in [4.69, 9.17) is 14.2 Å². The van der Waals surface area contributed by atoms with Gasteiger partial charge in [0.1, 0.15) is 0 Å². The van der Waals surface area contributed by atoms with Crippen molar-refractivity contribution < 1.29 is 23.8 Å². The molecule has 3 aromatic rings. The third kappa shape index (κ3) is 5.57. The average Bonchev–Trinajstić information content (AvgIpc) is 3.22. The van der Waals surface area contributed by atoms with Crippen LogP contribution in [0.15, 0.2) is 48.7 Å². The summed E-state index contributed by atoms with van der Waals surface area (Å²) >= 11 is 0. The summed E-state index contributed by atoms with van der Waals surface area (Å²) in [5.74, 6) is 0.607. The van der Waals surface area contributed by atoms with Gasteiger partial charge in [0.15, 0.2) is 18.1 Å². The van der Waals surface area contributed by atoms with E-state index in [2.05, 4.69) is 4.98 Å². The Bertz CT molecular complexity index is 1040. The number of hydrogen-bond acceptors (Lipinski definition) is 5. The van der Waals surface area contributed by atoms with E-state index in [-0.39, 0.29) is 24.9 Å². The van der Waals surface area contributed by atoms with Crippen molar-refractivity contribution in [2.75, 3.05) is 27.4 Å². The number of nitrogens with one attached hydrogen (secondary N) is 1. The van der Waals surface area contributed by atoms with E-state index in [0.29, 0.717) is 31.0 Å². The summed E-state index contributed by atoms with van der Waals surface area (Å²) in [5, 5.41) is 1.10. The predicted octanol–water partition coefficient (Wildman–Crippen LogP) is 3.71. The molecule has 0 aliphatic rings. The van der Waals surface area contributed by atoms with Crippen LogP contribution in [0.5, 0.6) is 11.5 Å². The molecule has 1 aromatic heterocycles. The first-order valence-electron chi connectivity index (χ1n) is 10.2. The summed E-state index contributed by atoms with van der Waals surface area (Å²) in [5.41, 5.74) is 3.00. The maximum absolute atomic E-state index is 12.6. The lowest BCUT2D eigenvalue weighted by Crippen LogP contribution is -2.34. The zero-order chi connectivity index (χ0) is 22.2. The van der Waals surface area contributed by atoms with Crippen LogP contribution in [-0.4, -0.2) is 49.1 Å². The van der Waals surface area contributed by atoms with E-state index in [9.17, 15) is 9.59 Å². The van der Waals surface area contributed by atoms with Crippen molar-refractivity contribution in [1.82, 2.24) is 9.88 Å². The zero-order valence-electron chi connectivity index (χ0n) is 18.1. The number of amides is 1. The number of H-pyrrole nitrogens is 1. The van der Waals surface area contributed by atoms with Crippen LogP contribution >= 0.6 is 0 Å². The SMILES string of the molecule is CCN(Cc1ccc(OC)c(OC)c1)C(=O)COC(=O)CCc1c[nH]c2ccccc12. The van der Waals surface area contributed by atoms with Gasteiger partial charge < -0.3 is 24.1 Å². The van der Waals surface area contributed by atoms with Crippen molar-refractivity contribution in [2.24, 2.45) is 0 Å². The summed E-state index contributed by atoms with van der Waals surface area (Å²) in [6.45, 7) is 2.51. The fraction of sp³-hybridized carbons (Fsp3) is 0.333. The van der Waals surface area contributed by atoms with E-state index < -0.39 is 0 Å². The third-order valence-corrected chi connectivity index (χ3v) is 5.19.